The minimum absolute atomic E-state index is 0.00956. The Morgan fingerprint density at radius 1 is 1.14 bits per heavy atom. The number of fused-ring (bicyclic) bond motifs is 1. The summed E-state index contributed by atoms with van der Waals surface area (Å²) in [5, 5.41) is 13.5. The van der Waals surface area contributed by atoms with Crippen molar-refractivity contribution in [3.05, 3.63) is 87.6 Å². The van der Waals surface area contributed by atoms with E-state index in [-0.39, 0.29) is 29.6 Å². The van der Waals surface area contributed by atoms with Crippen LogP contribution < -0.4 is 15.8 Å². The summed E-state index contributed by atoms with van der Waals surface area (Å²) >= 11 is 6.29. The lowest BCUT2D eigenvalue weighted by atomic mass is 10.2. The van der Waals surface area contributed by atoms with Crippen LogP contribution in [0.3, 0.4) is 0 Å². The van der Waals surface area contributed by atoms with Gasteiger partial charge in [-0.2, -0.15) is 4.98 Å². The van der Waals surface area contributed by atoms with Gasteiger partial charge in [0, 0.05) is 5.69 Å². The van der Waals surface area contributed by atoms with Crippen molar-refractivity contribution in [1.29, 1.82) is 0 Å². The van der Waals surface area contributed by atoms with Crippen molar-refractivity contribution < 1.29 is 18.7 Å². The number of ether oxygens (including phenoxy) is 1. The molecule has 0 atom stereocenters. The first-order valence-electron chi connectivity index (χ1n) is 8.55. The molecule has 29 heavy (non-hydrogen) atoms. The maximum absolute atomic E-state index is 13.3. The quantitative estimate of drug-likeness (QED) is 0.479. The lowest BCUT2D eigenvalue weighted by molar-refractivity contribution is 0.306. The number of hydrogen-bond acceptors (Lipinski definition) is 6. The SMILES string of the molecule is O=c1nc(Nc2ccc(OCc3cccc(F)c3)c(Cl)c2)c2cc(O)ccc2o1. The number of halogens is 2. The van der Waals surface area contributed by atoms with Gasteiger partial charge in [0.1, 0.15) is 35.3 Å². The summed E-state index contributed by atoms with van der Waals surface area (Å²) in [5.41, 5.74) is 1.51. The van der Waals surface area contributed by atoms with Crippen molar-refractivity contribution in [3.8, 4) is 11.5 Å². The number of phenols is 1. The Kier molecular flexibility index (Phi) is 5.05. The molecule has 0 aliphatic carbocycles. The Hall–Kier alpha value is -3.58. The van der Waals surface area contributed by atoms with E-state index in [1.807, 2.05) is 0 Å². The van der Waals surface area contributed by atoms with Crippen LogP contribution >= 0.6 is 11.6 Å². The van der Waals surface area contributed by atoms with Crippen molar-refractivity contribution in [1.82, 2.24) is 4.98 Å². The third kappa shape index (κ3) is 4.30. The number of phenolic OH excluding ortho intramolecular Hbond substituents is 1. The molecule has 6 nitrogen and oxygen atoms in total. The Morgan fingerprint density at radius 3 is 2.79 bits per heavy atom. The first-order valence-corrected chi connectivity index (χ1v) is 8.93. The fourth-order valence-electron chi connectivity index (χ4n) is 2.78. The Balaban J connectivity index is 1.56. The van der Waals surface area contributed by atoms with Crippen LogP contribution in [0.25, 0.3) is 11.0 Å². The van der Waals surface area contributed by atoms with E-state index in [9.17, 15) is 14.3 Å². The first kappa shape index (κ1) is 18.8. The van der Waals surface area contributed by atoms with Crippen LogP contribution in [-0.2, 0) is 6.61 Å². The fourth-order valence-corrected chi connectivity index (χ4v) is 3.01. The van der Waals surface area contributed by atoms with Gasteiger partial charge < -0.3 is 19.6 Å². The van der Waals surface area contributed by atoms with Crippen molar-refractivity contribution >= 4 is 34.1 Å². The molecular weight excluding hydrogens is 399 g/mol. The second kappa shape index (κ2) is 7.81. The summed E-state index contributed by atoms with van der Waals surface area (Å²) in [6.45, 7) is 0.162. The molecule has 8 heteroatoms. The van der Waals surface area contributed by atoms with Gasteiger partial charge in [-0.25, -0.2) is 9.18 Å². The standard InChI is InChI=1S/C21H14ClFN2O4/c22-17-9-14(4-6-19(17)28-11-12-2-1-3-13(23)8-12)24-20-16-10-15(26)5-7-18(16)29-21(27)25-20/h1-10,26H,11H2,(H,24,25,27). The number of hydrogen-bond donors (Lipinski definition) is 2. The molecule has 0 bridgehead atoms. The van der Waals surface area contributed by atoms with Gasteiger partial charge in [-0.15, -0.1) is 0 Å². The van der Waals surface area contributed by atoms with E-state index in [1.54, 1.807) is 30.3 Å². The van der Waals surface area contributed by atoms with Crippen LogP contribution in [0.4, 0.5) is 15.9 Å². The predicted molar refractivity (Wildman–Crippen MR) is 107 cm³/mol. The zero-order chi connectivity index (χ0) is 20.4. The van der Waals surface area contributed by atoms with E-state index in [4.69, 9.17) is 20.8 Å². The lowest BCUT2D eigenvalue weighted by Crippen LogP contribution is -2.07. The summed E-state index contributed by atoms with van der Waals surface area (Å²) in [5.74, 6) is -0.460. The van der Waals surface area contributed by atoms with Crippen LogP contribution in [0, 0.1) is 5.82 Å². The van der Waals surface area contributed by atoms with Gasteiger partial charge >= 0.3 is 5.76 Å². The topological polar surface area (TPSA) is 84.6 Å². The molecular formula is C21H14ClFN2O4. The highest BCUT2D eigenvalue weighted by Gasteiger charge is 2.10. The summed E-state index contributed by atoms with van der Waals surface area (Å²) in [7, 11) is 0. The molecule has 0 saturated carbocycles. The van der Waals surface area contributed by atoms with Gasteiger partial charge in [0.25, 0.3) is 0 Å². The Bertz CT molecular complexity index is 1260. The van der Waals surface area contributed by atoms with Crippen LogP contribution in [0.1, 0.15) is 5.56 Å². The van der Waals surface area contributed by atoms with E-state index in [1.165, 1.54) is 30.3 Å². The highest BCUT2D eigenvalue weighted by atomic mass is 35.5. The maximum Gasteiger partial charge on any atom is 0.441 e. The molecule has 0 fully saturated rings. The summed E-state index contributed by atoms with van der Waals surface area (Å²) in [6, 6.07) is 15.4. The van der Waals surface area contributed by atoms with Crippen LogP contribution in [0.2, 0.25) is 5.02 Å². The Morgan fingerprint density at radius 2 is 2.00 bits per heavy atom. The highest BCUT2D eigenvalue weighted by Crippen LogP contribution is 2.31. The van der Waals surface area contributed by atoms with Crippen molar-refractivity contribution in [2.45, 2.75) is 6.61 Å². The molecule has 0 saturated heterocycles. The maximum atomic E-state index is 13.3. The zero-order valence-electron chi connectivity index (χ0n) is 14.9. The van der Waals surface area contributed by atoms with Crippen molar-refractivity contribution in [3.63, 3.8) is 0 Å². The van der Waals surface area contributed by atoms with Gasteiger partial charge in [-0.1, -0.05) is 23.7 Å². The minimum atomic E-state index is -0.771. The molecule has 4 aromatic rings. The number of aromatic nitrogens is 1. The highest BCUT2D eigenvalue weighted by molar-refractivity contribution is 6.32. The van der Waals surface area contributed by atoms with Gasteiger partial charge in [-0.05, 0) is 54.1 Å². The molecule has 0 spiro atoms. The lowest BCUT2D eigenvalue weighted by Gasteiger charge is -2.11. The van der Waals surface area contributed by atoms with E-state index < -0.39 is 5.76 Å². The molecule has 1 heterocycles. The largest absolute Gasteiger partial charge is 0.508 e. The summed E-state index contributed by atoms with van der Waals surface area (Å²) in [6.07, 6.45) is 0. The minimum Gasteiger partial charge on any atom is -0.508 e. The molecule has 146 valence electrons. The normalized spacial score (nSPS) is 10.8. The van der Waals surface area contributed by atoms with E-state index >= 15 is 0 Å². The number of nitrogens with zero attached hydrogens (tertiary/aromatic N) is 1. The first-order chi connectivity index (χ1) is 14.0. The van der Waals surface area contributed by atoms with Crippen LogP contribution in [0.15, 0.2) is 69.9 Å². The second-order valence-electron chi connectivity index (χ2n) is 6.20. The van der Waals surface area contributed by atoms with Crippen LogP contribution in [0.5, 0.6) is 11.5 Å². The third-order valence-corrected chi connectivity index (χ3v) is 4.39. The fraction of sp³-hybridized carbons (Fsp3) is 0.0476. The third-order valence-electron chi connectivity index (χ3n) is 4.10. The van der Waals surface area contributed by atoms with Crippen molar-refractivity contribution in [2.24, 2.45) is 0 Å². The van der Waals surface area contributed by atoms with E-state index in [2.05, 4.69) is 10.3 Å². The number of rotatable bonds is 5. The molecule has 0 amide bonds. The average Bonchev–Trinajstić information content (AvgIpc) is 2.68. The number of benzene rings is 3. The summed E-state index contributed by atoms with van der Waals surface area (Å²) < 4.78 is 23.9. The Labute approximate surface area is 169 Å². The molecule has 0 aliphatic heterocycles. The number of anilines is 2. The molecule has 0 aliphatic rings. The van der Waals surface area contributed by atoms with Crippen LogP contribution in [-0.4, -0.2) is 10.1 Å². The van der Waals surface area contributed by atoms with Gasteiger partial charge in [-0.3, -0.25) is 0 Å². The number of nitrogens with one attached hydrogen (secondary N) is 1. The zero-order valence-corrected chi connectivity index (χ0v) is 15.6. The number of aromatic hydroxyl groups is 1. The average molecular weight is 413 g/mol. The van der Waals surface area contributed by atoms with E-state index in [0.29, 0.717) is 27.4 Å². The van der Waals surface area contributed by atoms with Gasteiger partial charge in [0.15, 0.2) is 0 Å². The van der Waals surface area contributed by atoms with Gasteiger partial charge in [0.05, 0.1) is 10.4 Å². The molecule has 1 aromatic heterocycles. The molecule has 0 unspecified atom stereocenters. The van der Waals surface area contributed by atoms with E-state index in [0.717, 1.165) is 0 Å². The smallest absolute Gasteiger partial charge is 0.441 e. The molecule has 0 radical (unpaired) electrons. The predicted octanol–water partition coefficient (Wildman–Crippen LogP) is 5.01. The monoisotopic (exact) mass is 412 g/mol. The molecule has 3 aromatic carbocycles. The molecule has 4 rings (SSSR count). The van der Waals surface area contributed by atoms with Gasteiger partial charge in [0.2, 0.25) is 0 Å². The molecule has 2 N–H and O–H groups in total. The van der Waals surface area contributed by atoms with Crippen molar-refractivity contribution in [2.75, 3.05) is 5.32 Å². The second-order valence-corrected chi connectivity index (χ2v) is 6.60. The summed E-state index contributed by atoms with van der Waals surface area (Å²) in [4.78, 5) is 15.5.